The highest BCUT2D eigenvalue weighted by molar-refractivity contribution is 5.75. The van der Waals surface area contributed by atoms with Crippen LogP contribution in [-0.4, -0.2) is 6.61 Å². The Morgan fingerprint density at radius 1 is 0.722 bits per heavy atom. The molecular weight excluding hydrogens is 440 g/mol. The highest BCUT2D eigenvalue weighted by atomic mass is 16.5. The third-order valence-corrected chi connectivity index (χ3v) is 7.90. The number of hydrogen-bond acceptors (Lipinski definition) is 3. The van der Waals surface area contributed by atoms with Gasteiger partial charge in [0.25, 0.3) is 0 Å². The summed E-state index contributed by atoms with van der Waals surface area (Å²) in [5.41, 5.74) is 3.97. The molecule has 0 aromatic heterocycles. The van der Waals surface area contributed by atoms with Crippen molar-refractivity contribution in [2.45, 2.75) is 110 Å². The number of hydrogen-bond donors (Lipinski definition) is 0. The fourth-order valence-corrected chi connectivity index (χ4v) is 5.68. The van der Waals surface area contributed by atoms with Crippen molar-refractivity contribution in [2.75, 3.05) is 6.61 Å². The lowest BCUT2D eigenvalue weighted by Crippen LogP contribution is -2.15. The zero-order valence-corrected chi connectivity index (χ0v) is 22.5. The van der Waals surface area contributed by atoms with E-state index in [-0.39, 0.29) is 0 Å². The molecule has 3 rings (SSSR count). The summed E-state index contributed by atoms with van der Waals surface area (Å²) < 4.78 is 5.90. The van der Waals surface area contributed by atoms with Gasteiger partial charge in [-0.05, 0) is 67.2 Å². The predicted molar refractivity (Wildman–Crippen MR) is 149 cm³/mol. The van der Waals surface area contributed by atoms with Gasteiger partial charge in [-0.2, -0.15) is 10.5 Å². The number of unbranched alkanes of at least 4 members (excludes halogenated alkanes) is 7. The van der Waals surface area contributed by atoms with Gasteiger partial charge in [0.2, 0.25) is 0 Å². The van der Waals surface area contributed by atoms with Gasteiger partial charge in [-0.15, -0.1) is 0 Å². The minimum atomic E-state index is 0.390. The third-order valence-electron chi connectivity index (χ3n) is 7.90. The molecule has 0 aliphatic heterocycles. The second-order valence-corrected chi connectivity index (χ2v) is 10.5. The van der Waals surface area contributed by atoms with Crippen LogP contribution in [0.2, 0.25) is 0 Å². The molecule has 2 aromatic carbocycles. The smallest absolute Gasteiger partial charge is 0.119 e. The zero-order chi connectivity index (χ0) is 25.6. The number of rotatable bonds is 14. The van der Waals surface area contributed by atoms with E-state index in [0.717, 1.165) is 54.2 Å². The van der Waals surface area contributed by atoms with Gasteiger partial charge in [-0.25, -0.2) is 0 Å². The van der Waals surface area contributed by atoms with Gasteiger partial charge < -0.3 is 4.74 Å². The summed E-state index contributed by atoms with van der Waals surface area (Å²) in [6, 6.07) is 16.9. The first-order valence-electron chi connectivity index (χ1n) is 14.4. The van der Waals surface area contributed by atoms with Crippen molar-refractivity contribution < 1.29 is 4.74 Å². The summed E-state index contributed by atoms with van der Waals surface area (Å²) in [5.74, 6) is 2.08. The lowest BCUT2D eigenvalue weighted by Gasteiger charge is -2.29. The zero-order valence-electron chi connectivity index (χ0n) is 22.5. The van der Waals surface area contributed by atoms with Crippen molar-refractivity contribution in [1.82, 2.24) is 0 Å². The van der Waals surface area contributed by atoms with Crippen LogP contribution < -0.4 is 4.74 Å². The summed E-state index contributed by atoms with van der Waals surface area (Å²) >= 11 is 0. The second-order valence-electron chi connectivity index (χ2n) is 10.5. The fraction of sp³-hybridized carbons (Fsp3) is 0.576. The third kappa shape index (κ3) is 7.86. The fourth-order valence-electron chi connectivity index (χ4n) is 5.68. The first-order valence-corrected chi connectivity index (χ1v) is 14.4. The molecular formula is C33H44N2O. The van der Waals surface area contributed by atoms with Crippen molar-refractivity contribution in [3.05, 3.63) is 53.1 Å². The van der Waals surface area contributed by atoms with Gasteiger partial charge in [-0.1, -0.05) is 95.9 Å². The Morgan fingerprint density at radius 2 is 1.36 bits per heavy atom. The van der Waals surface area contributed by atoms with Gasteiger partial charge in [0.1, 0.15) is 17.9 Å². The van der Waals surface area contributed by atoms with Gasteiger partial charge in [0.15, 0.2) is 0 Å². The average Bonchev–Trinajstić information content (AvgIpc) is 2.93. The molecule has 1 aliphatic carbocycles. The van der Waals surface area contributed by atoms with Gasteiger partial charge >= 0.3 is 0 Å². The molecule has 1 aliphatic rings. The molecule has 0 radical (unpaired) electrons. The van der Waals surface area contributed by atoms with E-state index in [1.807, 2.05) is 24.3 Å². The average molecular weight is 485 g/mol. The summed E-state index contributed by atoms with van der Waals surface area (Å²) in [5, 5.41) is 20.1. The Kier molecular flexibility index (Phi) is 11.9. The van der Waals surface area contributed by atoms with Crippen molar-refractivity contribution in [2.24, 2.45) is 5.92 Å². The molecule has 0 spiro atoms. The van der Waals surface area contributed by atoms with Crippen LogP contribution in [0.5, 0.6) is 5.75 Å². The predicted octanol–water partition coefficient (Wildman–Crippen LogP) is 9.69. The number of nitriles is 2. The molecule has 0 unspecified atom stereocenters. The van der Waals surface area contributed by atoms with E-state index in [9.17, 15) is 10.5 Å². The second kappa shape index (κ2) is 15.4. The van der Waals surface area contributed by atoms with E-state index < -0.39 is 0 Å². The first-order chi connectivity index (χ1) is 17.7. The van der Waals surface area contributed by atoms with Crippen LogP contribution in [0, 0.1) is 28.6 Å². The molecule has 0 N–H and O–H groups in total. The van der Waals surface area contributed by atoms with E-state index in [0.29, 0.717) is 17.0 Å². The Labute approximate surface area is 219 Å². The first kappa shape index (κ1) is 27.8. The van der Waals surface area contributed by atoms with Gasteiger partial charge in [-0.3, -0.25) is 0 Å². The van der Waals surface area contributed by atoms with Gasteiger partial charge in [0, 0.05) is 5.56 Å². The summed E-state index contributed by atoms with van der Waals surface area (Å²) in [6.07, 6.45) is 17.5. The normalized spacial score (nSPS) is 17.3. The monoisotopic (exact) mass is 484 g/mol. The molecule has 3 heteroatoms. The van der Waals surface area contributed by atoms with E-state index in [2.05, 4.69) is 38.1 Å². The molecule has 0 atom stereocenters. The van der Waals surface area contributed by atoms with Crippen LogP contribution in [-0.2, 0) is 0 Å². The largest absolute Gasteiger partial charge is 0.494 e. The van der Waals surface area contributed by atoms with Gasteiger partial charge in [0.05, 0.1) is 17.7 Å². The minimum absolute atomic E-state index is 0.390. The molecule has 3 nitrogen and oxygen atoms in total. The van der Waals surface area contributed by atoms with E-state index in [1.54, 1.807) is 0 Å². The molecule has 0 saturated heterocycles. The maximum Gasteiger partial charge on any atom is 0.119 e. The van der Waals surface area contributed by atoms with Crippen LogP contribution in [0.3, 0.4) is 0 Å². The Morgan fingerprint density at radius 3 is 2.00 bits per heavy atom. The highest BCUT2D eigenvalue weighted by Crippen LogP contribution is 2.41. The lowest BCUT2D eigenvalue weighted by atomic mass is 9.75. The molecule has 36 heavy (non-hydrogen) atoms. The molecule has 1 saturated carbocycles. The van der Waals surface area contributed by atoms with Crippen LogP contribution >= 0.6 is 0 Å². The van der Waals surface area contributed by atoms with Crippen LogP contribution in [0.15, 0.2) is 36.4 Å². The molecule has 192 valence electrons. The standard InChI is InChI=1S/C33H44N2O/c1-3-5-7-9-11-23-36-29-19-17-28(18-20-29)31-22-21-30(32(24-34)33(31)25-35)27-15-13-26(14-16-27)12-10-8-6-4-2/h17-22,26-27H,3-16,23H2,1-2H3. The SMILES string of the molecule is CCCCCCCOc1ccc(-c2ccc(C3CCC(CCCCCC)CC3)c(C#N)c2C#N)cc1. The van der Waals surface area contributed by atoms with E-state index in [4.69, 9.17) is 4.74 Å². The maximum absolute atomic E-state index is 10.0. The molecule has 0 bridgehead atoms. The lowest BCUT2D eigenvalue weighted by molar-refractivity contribution is 0.302. The summed E-state index contributed by atoms with van der Waals surface area (Å²) in [7, 11) is 0. The van der Waals surface area contributed by atoms with Crippen molar-refractivity contribution in [3.8, 4) is 29.0 Å². The van der Waals surface area contributed by atoms with E-state index in [1.165, 1.54) is 70.6 Å². The van der Waals surface area contributed by atoms with Crippen molar-refractivity contribution in [1.29, 1.82) is 10.5 Å². The van der Waals surface area contributed by atoms with Crippen molar-refractivity contribution in [3.63, 3.8) is 0 Å². The molecule has 2 aromatic rings. The topological polar surface area (TPSA) is 56.8 Å². The summed E-state index contributed by atoms with van der Waals surface area (Å²) in [6.45, 7) is 5.23. The quantitative estimate of drug-likeness (QED) is 0.251. The Hall–Kier alpha value is -2.78. The number of benzene rings is 2. The molecule has 0 amide bonds. The van der Waals surface area contributed by atoms with E-state index >= 15 is 0 Å². The minimum Gasteiger partial charge on any atom is -0.494 e. The number of nitrogens with zero attached hydrogens (tertiary/aromatic N) is 2. The Bertz CT molecular complexity index is 1000. The molecule has 0 heterocycles. The highest BCUT2D eigenvalue weighted by Gasteiger charge is 2.26. The number of ether oxygens (including phenoxy) is 1. The summed E-state index contributed by atoms with van der Waals surface area (Å²) in [4.78, 5) is 0. The molecule has 1 fully saturated rings. The maximum atomic E-state index is 10.0. The van der Waals surface area contributed by atoms with Crippen molar-refractivity contribution >= 4 is 0 Å². The Balaban J connectivity index is 1.64. The van der Waals surface area contributed by atoms with Crippen LogP contribution in [0.1, 0.15) is 126 Å². The van der Waals surface area contributed by atoms with Crippen LogP contribution in [0.4, 0.5) is 0 Å². The van der Waals surface area contributed by atoms with Crippen LogP contribution in [0.25, 0.3) is 11.1 Å².